The van der Waals surface area contributed by atoms with Gasteiger partial charge in [-0.25, -0.2) is 13.2 Å². The highest BCUT2D eigenvalue weighted by Crippen LogP contribution is 2.08. The average Bonchev–Trinajstić information content (AvgIpc) is 2.29. The molecule has 0 aliphatic carbocycles. The first-order chi connectivity index (χ1) is 8.45. The van der Waals surface area contributed by atoms with Gasteiger partial charge in [0.1, 0.15) is 0 Å². The predicted molar refractivity (Wildman–Crippen MR) is 67.2 cm³/mol. The molecule has 1 rings (SSSR count). The number of esters is 1. The number of carbonyl (C=O) groups is 1. The van der Waals surface area contributed by atoms with Crippen LogP contribution in [0.5, 0.6) is 0 Å². The molecule has 0 amide bonds. The minimum Gasteiger partial charge on any atom is -0.463 e. The number of benzene rings is 1. The normalized spacial score (nSPS) is 12.0. The summed E-state index contributed by atoms with van der Waals surface area (Å²) in [5.41, 5.74) is 0.206. The molecular weight excluding hydrogens is 254 g/mol. The van der Waals surface area contributed by atoms with E-state index in [1.807, 2.05) is 0 Å². The first-order valence-electron chi connectivity index (χ1n) is 5.38. The highest BCUT2D eigenvalue weighted by molar-refractivity contribution is 7.89. The van der Waals surface area contributed by atoms with Crippen molar-refractivity contribution in [2.45, 2.75) is 18.7 Å². The lowest BCUT2D eigenvalue weighted by Gasteiger charge is -2.07. The SMILES string of the molecule is CCOC(=O)/C=C(\C)NS(=O)(=O)c1ccccc1. The fourth-order valence-corrected chi connectivity index (χ4v) is 2.38. The maximum atomic E-state index is 11.9. The zero-order valence-electron chi connectivity index (χ0n) is 10.2. The second-order valence-corrected chi connectivity index (χ2v) is 5.18. The van der Waals surface area contributed by atoms with Crippen LogP contribution in [0, 0.1) is 0 Å². The Morgan fingerprint density at radius 2 is 1.94 bits per heavy atom. The van der Waals surface area contributed by atoms with Gasteiger partial charge in [-0.3, -0.25) is 4.72 Å². The van der Waals surface area contributed by atoms with Gasteiger partial charge in [0.15, 0.2) is 0 Å². The number of allylic oxidation sites excluding steroid dienone is 1. The molecule has 0 fully saturated rings. The van der Waals surface area contributed by atoms with Crippen molar-refractivity contribution in [3.8, 4) is 0 Å². The Hall–Kier alpha value is -1.82. The van der Waals surface area contributed by atoms with Gasteiger partial charge < -0.3 is 4.74 Å². The summed E-state index contributed by atoms with van der Waals surface area (Å²) in [6.45, 7) is 3.40. The summed E-state index contributed by atoms with van der Waals surface area (Å²) in [6, 6.07) is 7.91. The maximum absolute atomic E-state index is 11.9. The molecule has 6 heteroatoms. The third kappa shape index (κ3) is 4.21. The predicted octanol–water partition coefficient (Wildman–Crippen LogP) is 1.43. The molecule has 0 heterocycles. The summed E-state index contributed by atoms with van der Waals surface area (Å²) < 4.78 is 30.7. The van der Waals surface area contributed by atoms with E-state index < -0.39 is 16.0 Å². The van der Waals surface area contributed by atoms with E-state index in [1.54, 1.807) is 25.1 Å². The van der Waals surface area contributed by atoms with Crippen molar-refractivity contribution in [2.75, 3.05) is 6.61 Å². The molecule has 0 bridgehead atoms. The minimum absolute atomic E-state index is 0.140. The molecular formula is C12H15NO4S. The quantitative estimate of drug-likeness (QED) is 0.648. The number of ether oxygens (including phenoxy) is 1. The van der Waals surface area contributed by atoms with E-state index in [2.05, 4.69) is 9.46 Å². The molecule has 0 unspecified atom stereocenters. The van der Waals surface area contributed by atoms with Crippen LogP contribution >= 0.6 is 0 Å². The zero-order valence-corrected chi connectivity index (χ0v) is 11.0. The van der Waals surface area contributed by atoms with E-state index in [0.717, 1.165) is 6.08 Å². The van der Waals surface area contributed by atoms with Crippen LogP contribution in [-0.2, 0) is 19.6 Å². The molecule has 1 N–H and O–H groups in total. The first-order valence-corrected chi connectivity index (χ1v) is 6.87. The Morgan fingerprint density at radius 1 is 1.33 bits per heavy atom. The summed E-state index contributed by atoms with van der Waals surface area (Å²) in [4.78, 5) is 11.3. The lowest BCUT2D eigenvalue weighted by Crippen LogP contribution is -2.22. The molecule has 0 aliphatic heterocycles. The lowest BCUT2D eigenvalue weighted by molar-refractivity contribution is -0.137. The van der Waals surface area contributed by atoms with Crippen molar-refractivity contribution in [1.29, 1.82) is 0 Å². The van der Waals surface area contributed by atoms with Crippen LogP contribution in [0.25, 0.3) is 0 Å². The highest BCUT2D eigenvalue weighted by atomic mass is 32.2. The summed E-state index contributed by atoms with van der Waals surface area (Å²) in [6.07, 6.45) is 1.10. The highest BCUT2D eigenvalue weighted by Gasteiger charge is 2.13. The van der Waals surface area contributed by atoms with Gasteiger partial charge >= 0.3 is 5.97 Å². The van der Waals surface area contributed by atoms with Crippen LogP contribution in [0.15, 0.2) is 47.0 Å². The summed E-state index contributed by atoms with van der Waals surface area (Å²) >= 11 is 0. The summed E-state index contributed by atoms with van der Waals surface area (Å²) in [7, 11) is -3.65. The molecule has 1 aromatic rings. The molecule has 18 heavy (non-hydrogen) atoms. The van der Waals surface area contributed by atoms with Crippen molar-refractivity contribution in [1.82, 2.24) is 4.72 Å². The average molecular weight is 269 g/mol. The largest absolute Gasteiger partial charge is 0.463 e. The van der Waals surface area contributed by atoms with Crippen LogP contribution in [0.2, 0.25) is 0 Å². The van der Waals surface area contributed by atoms with E-state index in [4.69, 9.17) is 0 Å². The Bertz CT molecular complexity index is 534. The van der Waals surface area contributed by atoms with Crippen LogP contribution in [0.3, 0.4) is 0 Å². The maximum Gasteiger partial charge on any atom is 0.332 e. The molecule has 5 nitrogen and oxygen atoms in total. The van der Waals surface area contributed by atoms with Crippen molar-refractivity contribution in [3.05, 3.63) is 42.1 Å². The van der Waals surface area contributed by atoms with Crippen LogP contribution in [0.1, 0.15) is 13.8 Å². The summed E-state index contributed by atoms with van der Waals surface area (Å²) in [5.74, 6) is -0.578. The number of nitrogens with one attached hydrogen (secondary N) is 1. The smallest absolute Gasteiger partial charge is 0.332 e. The topological polar surface area (TPSA) is 72.5 Å². The molecule has 0 aliphatic rings. The van der Waals surface area contributed by atoms with Gasteiger partial charge in [-0.2, -0.15) is 0 Å². The van der Waals surface area contributed by atoms with Crippen molar-refractivity contribution >= 4 is 16.0 Å². The summed E-state index contributed by atoms with van der Waals surface area (Å²) in [5, 5.41) is 0. The molecule has 0 atom stereocenters. The van der Waals surface area contributed by atoms with Crippen LogP contribution < -0.4 is 4.72 Å². The molecule has 98 valence electrons. The molecule has 0 aromatic heterocycles. The number of sulfonamides is 1. The van der Waals surface area contributed by atoms with Crippen molar-refractivity contribution in [3.63, 3.8) is 0 Å². The third-order valence-corrected chi connectivity index (χ3v) is 3.45. The van der Waals surface area contributed by atoms with Crippen molar-refractivity contribution in [2.24, 2.45) is 0 Å². The van der Waals surface area contributed by atoms with Crippen molar-refractivity contribution < 1.29 is 17.9 Å². The van der Waals surface area contributed by atoms with Crippen LogP contribution in [0.4, 0.5) is 0 Å². The monoisotopic (exact) mass is 269 g/mol. The van der Waals surface area contributed by atoms with Gasteiger partial charge in [-0.1, -0.05) is 18.2 Å². The fourth-order valence-electron chi connectivity index (χ4n) is 1.26. The Morgan fingerprint density at radius 3 is 2.50 bits per heavy atom. The van der Waals surface area contributed by atoms with E-state index in [0.29, 0.717) is 0 Å². The fraction of sp³-hybridized carbons (Fsp3) is 0.250. The third-order valence-electron chi connectivity index (χ3n) is 1.97. The Kier molecular flexibility index (Phi) is 4.91. The van der Waals surface area contributed by atoms with Gasteiger partial charge in [0.2, 0.25) is 0 Å². The van der Waals surface area contributed by atoms with E-state index in [1.165, 1.54) is 19.1 Å². The number of rotatable bonds is 5. The van der Waals surface area contributed by atoms with Gasteiger partial charge in [0.25, 0.3) is 10.0 Å². The molecule has 0 saturated heterocycles. The zero-order chi connectivity index (χ0) is 13.6. The molecule has 0 spiro atoms. The molecule has 0 radical (unpaired) electrons. The van der Waals surface area contributed by atoms with Gasteiger partial charge in [-0.05, 0) is 26.0 Å². The Labute approximate surface area is 107 Å². The lowest BCUT2D eigenvalue weighted by atomic mass is 10.4. The van der Waals surface area contributed by atoms with E-state index >= 15 is 0 Å². The molecule has 1 aromatic carbocycles. The van der Waals surface area contributed by atoms with Gasteiger partial charge in [-0.15, -0.1) is 0 Å². The Balaban J connectivity index is 2.82. The van der Waals surface area contributed by atoms with Crippen LogP contribution in [-0.4, -0.2) is 21.0 Å². The minimum atomic E-state index is -3.65. The second kappa shape index (κ2) is 6.20. The molecule has 0 saturated carbocycles. The van der Waals surface area contributed by atoms with Gasteiger partial charge in [0.05, 0.1) is 11.5 Å². The first kappa shape index (κ1) is 14.2. The van der Waals surface area contributed by atoms with Gasteiger partial charge in [0, 0.05) is 11.8 Å². The number of hydrogen-bond acceptors (Lipinski definition) is 4. The number of carbonyl (C=O) groups excluding carboxylic acids is 1. The van der Waals surface area contributed by atoms with E-state index in [-0.39, 0.29) is 17.2 Å². The second-order valence-electron chi connectivity index (χ2n) is 3.50. The number of hydrogen-bond donors (Lipinski definition) is 1. The van der Waals surface area contributed by atoms with E-state index in [9.17, 15) is 13.2 Å². The standard InChI is InChI=1S/C12H15NO4S/c1-3-17-12(14)9-10(2)13-18(15,16)11-7-5-4-6-8-11/h4-9,13H,3H2,1-2H3/b10-9+.